The molecule has 92 valence electrons. The summed E-state index contributed by atoms with van der Waals surface area (Å²) in [6, 6.07) is 2.05. The van der Waals surface area contributed by atoms with Crippen LogP contribution < -0.4 is 5.32 Å². The van der Waals surface area contributed by atoms with Gasteiger partial charge in [-0.05, 0) is 18.4 Å². The zero-order valence-electron chi connectivity index (χ0n) is 10.2. The number of nitrogens with one attached hydrogen (secondary N) is 1. The van der Waals surface area contributed by atoms with Crippen molar-refractivity contribution in [3.63, 3.8) is 0 Å². The lowest BCUT2D eigenvalue weighted by molar-refractivity contribution is 0.910. The number of thiophene rings is 1. The summed E-state index contributed by atoms with van der Waals surface area (Å²) in [5.74, 6) is 1.60. The van der Waals surface area contributed by atoms with Crippen molar-refractivity contribution in [2.45, 2.75) is 6.92 Å². The van der Waals surface area contributed by atoms with E-state index in [9.17, 15) is 0 Å². The minimum absolute atomic E-state index is 0.709. The summed E-state index contributed by atoms with van der Waals surface area (Å²) in [5, 5.41) is 6.40. The van der Waals surface area contributed by atoms with E-state index in [1.165, 1.54) is 0 Å². The monoisotopic (exact) mass is 259 g/mol. The molecule has 0 saturated heterocycles. The number of aromatic nitrogens is 4. The number of anilines is 1. The summed E-state index contributed by atoms with van der Waals surface area (Å²) in [5.41, 5.74) is 0.921. The maximum absolute atomic E-state index is 4.59. The predicted molar refractivity (Wildman–Crippen MR) is 73.8 cm³/mol. The molecular weight excluding hydrogens is 246 g/mol. The molecule has 6 heteroatoms. The molecule has 18 heavy (non-hydrogen) atoms. The summed E-state index contributed by atoms with van der Waals surface area (Å²) in [7, 11) is 1.94. The first-order valence-electron chi connectivity index (χ1n) is 5.75. The summed E-state index contributed by atoms with van der Waals surface area (Å²) in [6.45, 7) is 2.90. The van der Waals surface area contributed by atoms with Crippen molar-refractivity contribution in [1.82, 2.24) is 19.5 Å². The molecule has 0 unspecified atom stereocenters. The second-order valence-corrected chi connectivity index (χ2v) is 4.85. The molecule has 0 spiro atoms. The number of hydrogen-bond donors (Lipinski definition) is 1. The van der Waals surface area contributed by atoms with Gasteiger partial charge in [0.15, 0.2) is 5.82 Å². The van der Waals surface area contributed by atoms with Crippen molar-refractivity contribution in [3.8, 4) is 11.5 Å². The van der Waals surface area contributed by atoms with E-state index in [-0.39, 0.29) is 0 Å². The summed E-state index contributed by atoms with van der Waals surface area (Å²) < 4.78 is 1.92. The Balaban J connectivity index is 2.21. The lowest BCUT2D eigenvalue weighted by Gasteiger charge is -2.07. The number of fused-ring (bicyclic) bond motifs is 1. The zero-order chi connectivity index (χ0) is 12.5. The Morgan fingerprint density at radius 2 is 2.28 bits per heavy atom. The van der Waals surface area contributed by atoms with Crippen molar-refractivity contribution in [2.75, 3.05) is 11.9 Å². The van der Waals surface area contributed by atoms with Gasteiger partial charge in [-0.25, -0.2) is 15.0 Å². The van der Waals surface area contributed by atoms with Crippen LogP contribution in [0.25, 0.3) is 21.7 Å². The summed E-state index contributed by atoms with van der Waals surface area (Å²) in [4.78, 5) is 14.3. The van der Waals surface area contributed by atoms with Crippen LogP contribution >= 0.6 is 11.3 Å². The normalized spacial score (nSPS) is 11.0. The molecule has 0 radical (unpaired) electrons. The zero-order valence-corrected chi connectivity index (χ0v) is 11.0. The SMILES string of the molecule is CCNc1nc(-c2cncn2C)nc2sccc12. The van der Waals surface area contributed by atoms with Crippen molar-refractivity contribution in [2.24, 2.45) is 7.05 Å². The van der Waals surface area contributed by atoms with E-state index < -0.39 is 0 Å². The molecule has 0 atom stereocenters. The highest BCUT2D eigenvalue weighted by atomic mass is 32.1. The topological polar surface area (TPSA) is 55.6 Å². The standard InChI is InChI=1S/C12H13N5S/c1-3-14-10-8-4-5-18-12(8)16-11(15-10)9-6-13-7-17(9)2/h4-7H,3H2,1-2H3,(H,14,15,16). The van der Waals surface area contributed by atoms with E-state index >= 15 is 0 Å². The van der Waals surface area contributed by atoms with E-state index in [0.717, 1.165) is 28.3 Å². The fraction of sp³-hybridized carbons (Fsp3) is 0.250. The smallest absolute Gasteiger partial charge is 0.181 e. The Morgan fingerprint density at radius 1 is 1.39 bits per heavy atom. The Morgan fingerprint density at radius 3 is 3.00 bits per heavy atom. The van der Waals surface area contributed by atoms with Gasteiger partial charge in [-0.3, -0.25) is 0 Å². The molecule has 0 fully saturated rings. The molecule has 0 aliphatic rings. The number of rotatable bonds is 3. The van der Waals surface area contributed by atoms with Crippen LogP contribution in [0.5, 0.6) is 0 Å². The number of aryl methyl sites for hydroxylation is 1. The van der Waals surface area contributed by atoms with Gasteiger partial charge < -0.3 is 9.88 Å². The number of hydrogen-bond acceptors (Lipinski definition) is 5. The molecule has 3 rings (SSSR count). The first-order chi connectivity index (χ1) is 8.79. The third-order valence-electron chi connectivity index (χ3n) is 2.72. The van der Waals surface area contributed by atoms with E-state index in [2.05, 4.69) is 27.2 Å². The van der Waals surface area contributed by atoms with Gasteiger partial charge in [-0.15, -0.1) is 11.3 Å². The van der Waals surface area contributed by atoms with Crippen LogP contribution in [0.15, 0.2) is 24.0 Å². The van der Waals surface area contributed by atoms with Gasteiger partial charge in [0.05, 0.1) is 17.9 Å². The first-order valence-corrected chi connectivity index (χ1v) is 6.63. The number of imidazole rings is 1. The fourth-order valence-electron chi connectivity index (χ4n) is 1.84. The Bertz CT molecular complexity index is 685. The molecule has 0 aromatic carbocycles. The van der Waals surface area contributed by atoms with Crippen LogP contribution in [-0.2, 0) is 7.05 Å². The van der Waals surface area contributed by atoms with Gasteiger partial charge in [0.2, 0.25) is 0 Å². The fourth-order valence-corrected chi connectivity index (χ4v) is 2.61. The second kappa shape index (κ2) is 4.38. The van der Waals surface area contributed by atoms with Gasteiger partial charge in [0.1, 0.15) is 16.3 Å². The van der Waals surface area contributed by atoms with Crippen LogP contribution in [0.4, 0.5) is 5.82 Å². The third-order valence-corrected chi connectivity index (χ3v) is 3.52. The lowest BCUT2D eigenvalue weighted by Crippen LogP contribution is -2.03. The van der Waals surface area contributed by atoms with E-state index in [1.807, 2.05) is 23.1 Å². The third kappa shape index (κ3) is 1.74. The van der Waals surface area contributed by atoms with Crippen LogP contribution in [0.3, 0.4) is 0 Å². The quantitative estimate of drug-likeness (QED) is 0.785. The predicted octanol–water partition coefficient (Wildman–Crippen LogP) is 2.52. The van der Waals surface area contributed by atoms with Crippen molar-refractivity contribution < 1.29 is 0 Å². The second-order valence-electron chi connectivity index (χ2n) is 3.96. The minimum Gasteiger partial charge on any atom is -0.370 e. The highest BCUT2D eigenvalue weighted by molar-refractivity contribution is 7.16. The molecule has 0 amide bonds. The van der Waals surface area contributed by atoms with E-state index in [1.54, 1.807) is 23.9 Å². The highest BCUT2D eigenvalue weighted by Gasteiger charge is 2.11. The molecule has 0 aliphatic heterocycles. The van der Waals surface area contributed by atoms with Gasteiger partial charge in [-0.1, -0.05) is 0 Å². The molecule has 0 bridgehead atoms. The van der Waals surface area contributed by atoms with Crippen LogP contribution in [0.2, 0.25) is 0 Å². The molecule has 0 saturated carbocycles. The van der Waals surface area contributed by atoms with Crippen LogP contribution in [-0.4, -0.2) is 26.1 Å². The number of nitrogens with zero attached hydrogens (tertiary/aromatic N) is 4. The molecule has 5 nitrogen and oxygen atoms in total. The van der Waals surface area contributed by atoms with Crippen LogP contribution in [0, 0.1) is 0 Å². The maximum Gasteiger partial charge on any atom is 0.181 e. The van der Waals surface area contributed by atoms with Crippen LogP contribution in [0.1, 0.15) is 6.92 Å². The summed E-state index contributed by atoms with van der Waals surface area (Å²) >= 11 is 1.62. The largest absolute Gasteiger partial charge is 0.370 e. The Kier molecular flexibility index (Phi) is 2.71. The molecular formula is C12H13N5S. The molecule has 3 heterocycles. The average molecular weight is 259 g/mol. The maximum atomic E-state index is 4.59. The van der Waals surface area contributed by atoms with Gasteiger partial charge in [-0.2, -0.15) is 0 Å². The molecule has 3 aromatic heterocycles. The Hall–Kier alpha value is -1.95. The van der Waals surface area contributed by atoms with E-state index in [0.29, 0.717) is 5.82 Å². The summed E-state index contributed by atoms with van der Waals surface area (Å²) in [6.07, 6.45) is 3.54. The minimum atomic E-state index is 0.709. The van der Waals surface area contributed by atoms with Crippen molar-refractivity contribution in [3.05, 3.63) is 24.0 Å². The molecule has 3 aromatic rings. The van der Waals surface area contributed by atoms with Crippen molar-refractivity contribution >= 4 is 27.4 Å². The van der Waals surface area contributed by atoms with Gasteiger partial charge in [0.25, 0.3) is 0 Å². The average Bonchev–Trinajstić information content (AvgIpc) is 2.97. The molecule has 0 aliphatic carbocycles. The Labute approximate surface area is 109 Å². The van der Waals surface area contributed by atoms with Gasteiger partial charge >= 0.3 is 0 Å². The van der Waals surface area contributed by atoms with Crippen molar-refractivity contribution in [1.29, 1.82) is 0 Å². The van der Waals surface area contributed by atoms with E-state index in [4.69, 9.17) is 0 Å². The van der Waals surface area contributed by atoms with Gasteiger partial charge in [0, 0.05) is 13.6 Å². The highest BCUT2D eigenvalue weighted by Crippen LogP contribution is 2.27. The first kappa shape index (κ1) is 11.2. The molecule has 1 N–H and O–H groups in total. The lowest BCUT2D eigenvalue weighted by atomic mass is 10.3.